The van der Waals surface area contributed by atoms with Crippen molar-refractivity contribution in [3.8, 4) is 0 Å². The lowest BCUT2D eigenvalue weighted by atomic mass is 9.92. The van der Waals surface area contributed by atoms with Gasteiger partial charge in [0.2, 0.25) is 0 Å². The molecule has 0 unspecified atom stereocenters. The number of fused-ring (bicyclic) bond motifs is 2. The number of aromatic nitrogens is 1. The number of carbonyl (C=O) groups excluding carboxylic acids is 1. The Labute approximate surface area is 107 Å². The lowest BCUT2D eigenvalue weighted by Crippen LogP contribution is -2.15. The number of benzene rings is 1. The topological polar surface area (TPSA) is 56.0 Å². The Kier molecular flexibility index (Phi) is 2.40. The van der Waals surface area contributed by atoms with Gasteiger partial charge in [0.05, 0.1) is 22.5 Å². The summed E-state index contributed by atoms with van der Waals surface area (Å²) in [5, 5.41) is 0.855. The fourth-order valence-corrected chi connectivity index (χ4v) is 2.71. The summed E-state index contributed by atoms with van der Waals surface area (Å²) in [5.41, 5.74) is 9.05. The second kappa shape index (κ2) is 3.81. The standard InChI is InChI=1S/C13H11BrN2O/c14-7-4-5-9-8(6-7)13(15)12-10(16-9)2-1-3-11(12)17/h4-6H,1-3H2,(H2,15,16). The third-order valence-electron chi connectivity index (χ3n) is 3.16. The van der Waals surface area contributed by atoms with Crippen LogP contribution in [0.15, 0.2) is 22.7 Å². The molecule has 1 heterocycles. The first-order valence-corrected chi connectivity index (χ1v) is 6.37. The van der Waals surface area contributed by atoms with E-state index in [9.17, 15) is 4.79 Å². The van der Waals surface area contributed by atoms with E-state index in [1.165, 1.54) is 0 Å². The number of aryl methyl sites for hydroxylation is 1. The minimum atomic E-state index is 0.123. The van der Waals surface area contributed by atoms with Crippen LogP contribution in [0, 0.1) is 0 Å². The molecule has 86 valence electrons. The van der Waals surface area contributed by atoms with Gasteiger partial charge in [0.15, 0.2) is 5.78 Å². The van der Waals surface area contributed by atoms with Gasteiger partial charge in [-0.3, -0.25) is 9.78 Å². The molecule has 4 heteroatoms. The number of hydrogen-bond donors (Lipinski definition) is 1. The average molecular weight is 291 g/mol. The lowest BCUT2D eigenvalue weighted by molar-refractivity contribution is 0.0973. The zero-order valence-corrected chi connectivity index (χ0v) is 10.8. The molecule has 17 heavy (non-hydrogen) atoms. The largest absolute Gasteiger partial charge is 0.398 e. The van der Waals surface area contributed by atoms with Crippen LogP contribution in [0.3, 0.4) is 0 Å². The fourth-order valence-electron chi connectivity index (χ4n) is 2.35. The molecule has 1 aromatic heterocycles. The van der Waals surface area contributed by atoms with Crippen LogP contribution in [0.4, 0.5) is 5.69 Å². The molecule has 0 aliphatic heterocycles. The van der Waals surface area contributed by atoms with E-state index >= 15 is 0 Å². The van der Waals surface area contributed by atoms with Crippen molar-refractivity contribution in [2.45, 2.75) is 19.3 Å². The smallest absolute Gasteiger partial charge is 0.166 e. The van der Waals surface area contributed by atoms with E-state index in [0.29, 0.717) is 17.7 Å². The van der Waals surface area contributed by atoms with Crippen LogP contribution in [0.25, 0.3) is 10.9 Å². The normalized spacial score (nSPS) is 15.0. The summed E-state index contributed by atoms with van der Waals surface area (Å²) in [6, 6.07) is 5.78. The van der Waals surface area contributed by atoms with Crippen molar-refractivity contribution >= 4 is 38.3 Å². The highest BCUT2D eigenvalue weighted by Crippen LogP contribution is 2.32. The molecule has 0 radical (unpaired) electrons. The second-order valence-corrected chi connectivity index (χ2v) is 5.20. The van der Waals surface area contributed by atoms with Crippen molar-refractivity contribution in [1.29, 1.82) is 0 Å². The molecule has 2 aromatic rings. The number of nitrogen functional groups attached to an aromatic ring is 1. The van der Waals surface area contributed by atoms with Gasteiger partial charge in [-0.25, -0.2) is 0 Å². The number of anilines is 1. The molecule has 3 rings (SSSR count). The molecule has 3 nitrogen and oxygen atoms in total. The van der Waals surface area contributed by atoms with Gasteiger partial charge in [0.25, 0.3) is 0 Å². The van der Waals surface area contributed by atoms with E-state index in [1.807, 2.05) is 18.2 Å². The number of ketones is 1. The number of carbonyl (C=O) groups is 1. The van der Waals surface area contributed by atoms with Crippen molar-refractivity contribution < 1.29 is 4.79 Å². The van der Waals surface area contributed by atoms with Crippen molar-refractivity contribution in [2.24, 2.45) is 0 Å². The van der Waals surface area contributed by atoms with Crippen molar-refractivity contribution in [1.82, 2.24) is 4.98 Å². The van der Waals surface area contributed by atoms with Crippen LogP contribution < -0.4 is 5.73 Å². The minimum absolute atomic E-state index is 0.123. The third-order valence-corrected chi connectivity index (χ3v) is 3.65. The van der Waals surface area contributed by atoms with E-state index in [-0.39, 0.29) is 5.78 Å². The van der Waals surface area contributed by atoms with E-state index in [4.69, 9.17) is 5.73 Å². The third kappa shape index (κ3) is 1.63. The van der Waals surface area contributed by atoms with Gasteiger partial charge < -0.3 is 5.73 Å². The Morgan fingerprint density at radius 2 is 2.12 bits per heavy atom. The molecule has 0 spiro atoms. The highest BCUT2D eigenvalue weighted by atomic mass is 79.9. The number of nitrogens with zero attached hydrogens (tertiary/aromatic N) is 1. The maximum atomic E-state index is 11.9. The molecule has 0 atom stereocenters. The summed E-state index contributed by atoms with van der Waals surface area (Å²) < 4.78 is 0.946. The SMILES string of the molecule is Nc1c2c(nc3ccc(Br)cc13)CCCC2=O. The molecule has 0 saturated heterocycles. The molecule has 2 N–H and O–H groups in total. The lowest BCUT2D eigenvalue weighted by Gasteiger charge is -2.17. The predicted molar refractivity (Wildman–Crippen MR) is 71.1 cm³/mol. The molecule has 0 saturated carbocycles. The van der Waals surface area contributed by atoms with Gasteiger partial charge >= 0.3 is 0 Å². The number of Topliss-reactive ketones (excluding diaryl/α,β-unsaturated/α-hetero) is 1. The number of pyridine rings is 1. The van der Waals surface area contributed by atoms with Gasteiger partial charge in [-0.15, -0.1) is 0 Å². The van der Waals surface area contributed by atoms with Gasteiger partial charge in [-0.2, -0.15) is 0 Å². The van der Waals surface area contributed by atoms with E-state index in [2.05, 4.69) is 20.9 Å². The number of halogens is 1. The quantitative estimate of drug-likeness (QED) is 0.811. The summed E-state index contributed by atoms with van der Waals surface area (Å²) in [6.07, 6.45) is 2.30. The van der Waals surface area contributed by atoms with Crippen LogP contribution >= 0.6 is 15.9 Å². The first kappa shape index (κ1) is 10.7. The number of nitrogens with two attached hydrogens (primary N) is 1. The summed E-state index contributed by atoms with van der Waals surface area (Å²) >= 11 is 3.41. The number of hydrogen-bond acceptors (Lipinski definition) is 3. The zero-order chi connectivity index (χ0) is 12.0. The van der Waals surface area contributed by atoms with Crippen molar-refractivity contribution in [2.75, 3.05) is 5.73 Å². The Bertz CT molecular complexity index is 637. The van der Waals surface area contributed by atoms with Crippen LogP contribution in [0.1, 0.15) is 28.9 Å². The summed E-state index contributed by atoms with van der Waals surface area (Å²) in [7, 11) is 0. The molecule has 1 aliphatic rings. The molecule has 1 aromatic carbocycles. The first-order valence-electron chi connectivity index (χ1n) is 5.57. The van der Waals surface area contributed by atoms with Crippen molar-refractivity contribution in [3.63, 3.8) is 0 Å². The van der Waals surface area contributed by atoms with E-state index < -0.39 is 0 Å². The van der Waals surface area contributed by atoms with Crippen LogP contribution in [0.5, 0.6) is 0 Å². The Balaban J connectivity index is 2.40. The van der Waals surface area contributed by atoms with Gasteiger partial charge in [-0.1, -0.05) is 15.9 Å². The Morgan fingerprint density at radius 3 is 2.94 bits per heavy atom. The summed E-state index contributed by atoms with van der Waals surface area (Å²) in [6.45, 7) is 0. The minimum Gasteiger partial charge on any atom is -0.398 e. The molecule has 0 amide bonds. The molecular weight excluding hydrogens is 280 g/mol. The van der Waals surface area contributed by atoms with E-state index in [1.54, 1.807) is 0 Å². The first-order chi connectivity index (χ1) is 8.16. The van der Waals surface area contributed by atoms with Crippen LogP contribution in [0.2, 0.25) is 0 Å². The van der Waals surface area contributed by atoms with Crippen LogP contribution in [-0.4, -0.2) is 10.8 Å². The molecule has 0 bridgehead atoms. The Hall–Kier alpha value is -1.42. The summed E-state index contributed by atoms with van der Waals surface area (Å²) in [4.78, 5) is 16.4. The Morgan fingerprint density at radius 1 is 1.29 bits per heavy atom. The second-order valence-electron chi connectivity index (χ2n) is 4.29. The average Bonchev–Trinajstić information content (AvgIpc) is 2.30. The predicted octanol–water partition coefficient (Wildman–Crippen LogP) is 3.10. The molecule has 1 aliphatic carbocycles. The fraction of sp³-hybridized carbons (Fsp3) is 0.231. The van der Waals surface area contributed by atoms with Crippen LogP contribution in [-0.2, 0) is 6.42 Å². The highest BCUT2D eigenvalue weighted by molar-refractivity contribution is 9.10. The van der Waals surface area contributed by atoms with Gasteiger partial charge in [0.1, 0.15) is 0 Å². The summed E-state index contributed by atoms with van der Waals surface area (Å²) in [5.74, 6) is 0.123. The monoisotopic (exact) mass is 290 g/mol. The van der Waals surface area contributed by atoms with E-state index in [0.717, 1.165) is 33.9 Å². The van der Waals surface area contributed by atoms with Gasteiger partial charge in [-0.05, 0) is 31.0 Å². The maximum Gasteiger partial charge on any atom is 0.166 e. The van der Waals surface area contributed by atoms with Crippen molar-refractivity contribution in [3.05, 3.63) is 33.9 Å². The number of rotatable bonds is 0. The molecular formula is C13H11BrN2O. The zero-order valence-electron chi connectivity index (χ0n) is 9.16. The maximum absolute atomic E-state index is 11.9. The van der Waals surface area contributed by atoms with Gasteiger partial charge in [0, 0.05) is 16.3 Å². The highest BCUT2D eigenvalue weighted by Gasteiger charge is 2.22. The molecule has 0 fully saturated rings.